The zero-order valence-electron chi connectivity index (χ0n) is 12.0. The highest BCUT2D eigenvalue weighted by Crippen LogP contribution is 2.24. The Balaban J connectivity index is 1.45. The maximum atomic E-state index is 12.2. The van der Waals surface area contributed by atoms with Crippen molar-refractivity contribution in [3.63, 3.8) is 0 Å². The number of furan rings is 1. The summed E-state index contributed by atoms with van der Waals surface area (Å²) in [4.78, 5) is 16.6. The Labute approximate surface area is 140 Å². The zero-order chi connectivity index (χ0) is 15.6. The van der Waals surface area contributed by atoms with Crippen molar-refractivity contribution >= 4 is 38.8 Å². The molecule has 0 saturated carbocycles. The Bertz CT molecular complexity index is 921. The average Bonchev–Trinajstić information content (AvgIpc) is 3.31. The van der Waals surface area contributed by atoms with Crippen molar-refractivity contribution in [2.75, 3.05) is 0 Å². The Hall–Kier alpha value is -2.44. The van der Waals surface area contributed by atoms with Gasteiger partial charge in [-0.2, -0.15) is 11.3 Å². The van der Waals surface area contributed by atoms with Crippen molar-refractivity contribution in [2.45, 2.75) is 6.54 Å². The zero-order valence-corrected chi connectivity index (χ0v) is 13.6. The van der Waals surface area contributed by atoms with Gasteiger partial charge < -0.3 is 9.73 Å². The van der Waals surface area contributed by atoms with Gasteiger partial charge in [0.25, 0.3) is 5.91 Å². The second kappa shape index (κ2) is 5.98. The molecule has 0 aliphatic carbocycles. The van der Waals surface area contributed by atoms with Crippen LogP contribution in [0, 0.1) is 0 Å². The molecule has 0 unspecified atom stereocenters. The predicted molar refractivity (Wildman–Crippen MR) is 92.8 cm³/mol. The second-order valence-corrected chi connectivity index (χ2v) is 6.76. The van der Waals surface area contributed by atoms with Crippen molar-refractivity contribution < 1.29 is 9.21 Å². The third-order valence-corrected chi connectivity index (χ3v) is 5.10. The van der Waals surface area contributed by atoms with Gasteiger partial charge in [-0.25, -0.2) is 4.98 Å². The molecule has 3 heterocycles. The molecule has 0 saturated heterocycles. The molecule has 4 aromatic rings. The molecule has 6 heteroatoms. The van der Waals surface area contributed by atoms with Gasteiger partial charge in [0.15, 0.2) is 5.01 Å². The molecule has 0 fully saturated rings. The number of amides is 1. The summed E-state index contributed by atoms with van der Waals surface area (Å²) >= 11 is 3.02. The van der Waals surface area contributed by atoms with Gasteiger partial charge in [0, 0.05) is 10.9 Å². The number of carbonyl (C=O) groups is 1. The minimum Gasteiger partial charge on any atom is -0.459 e. The quantitative estimate of drug-likeness (QED) is 0.593. The summed E-state index contributed by atoms with van der Waals surface area (Å²) in [6, 6.07) is 13.5. The number of nitrogens with zero attached hydrogens (tertiary/aromatic N) is 1. The van der Waals surface area contributed by atoms with Crippen molar-refractivity contribution in [1.29, 1.82) is 0 Å². The number of thiophene rings is 1. The molecule has 3 aromatic heterocycles. The molecule has 114 valence electrons. The topological polar surface area (TPSA) is 55.1 Å². The highest BCUT2D eigenvalue weighted by Gasteiger charge is 2.13. The third kappa shape index (κ3) is 2.91. The fourth-order valence-electron chi connectivity index (χ4n) is 2.25. The van der Waals surface area contributed by atoms with Gasteiger partial charge in [0.2, 0.25) is 0 Å². The Morgan fingerprint density at radius 1 is 1.17 bits per heavy atom. The van der Waals surface area contributed by atoms with Crippen LogP contribution in [0.4, 0.5) is 0 Å². The van der Waals surface area contributed by atoms with Gasteiger partial charge in [0.05, 0.1) is 16.8 Å². The smallest absolute Gasteiger partial charge is 0.280 e. The molecular formula is C17H12N2O2S2. The number of fused-ring (bicyclic) bond motifs is 1. The molecular weight excluding hydrogens is 328 g/mol. The molecule has 0 aliphatic rings. The van der Waals surface area contributed by atoms with E-state index in [2.05, 4.69) is 10.3 Å². The van der Waals surface area contributed by atoms with E-state index in [1.165, 1.54) is 11.3 Å². The molecule has 0 radical (unpaired) electrons. The van der Waals surface area contributed by atoms with Crippen LogP contribution in [0.25, 0.3) is 21.5 Å². The first-order valence-electron chi connectivity index (χ1n) is 7.05. The lowest BCUT2D eigenvalue weighted by molar-refractivity contribution is 0.0948. The summed E-state index contributed by atoms with van der Waals surface area (Å²) in [5.41, 5.74) is 1.90. The second-order valence-electron chi connectivity index (χ2n) is 4.95. The van der Waals surface area contributed by atoms with Crippen molar-refractivity contribution in [3.8, 4) is 11.3 Å². The minimum absolute atomic E-state index is 0.181. The summed E-state index contributed by atoms with van der Waals surface area (Å²) in [5.74, 6) is 1.36. The SMILES string of the molecule is O=C(NCc1ccc(-c2ccsc2)o1)c1nc2ccccc2s1. The molecule has 1 amide bonds. The van der Waals surface area contributed by atoms with Crippen LogP contribution in [0.5, 0.6) is 0 Å². The molecule has 0 atom stereocenters. The Morgan fingerprint density at radius 2 is 2.09 bits per heavy atom. The van der Waals surface area contributed by atoms with Crippen LogP contribution in [0.1, 0.15) is 15.6 Å². The fraction of sp³-hybridized carbons (Fsp3) is 0.0588. The lowest BCUT2D eigenvalue weighted by Crippen LogP contribution is -2.22. The van der Waals surface area contributed by atoms with E-state index in [1.54, 1.807) is 11.3 Å². The summed E-state index contributed by atoms with van der Waals surface area (Å²) in [6.45, 7) is 0.346. The van der Waals surface area contributed by atoms with E-state index < -0.39 is 0 Å². The first-order valence-corrected chi connectivity index (χ1v) is 8.80. The minimum atomic E-state index is -0.181. The number of hydrogen-bond acceptors (Lipinski definition) is 5. The molecule has 1 aromatic carbocycles. The highest BCUT2D eigenvalue weighted by atomic mass is 32.1. The van der Waals surface area contributed by atoms with Gasteiger partial charge in [-0.05, 0) is 35.7 Å². The summed E-state index contributed by atoms with van der Waals surface area (Å²) in [7, 11) is 0. The van der Waals surface area contributed by atoms with Crippen LogP contribution >= 0.6 is 22.7 Å². The van der Waals surface area contributed by atoms with Gasteiger partial charge in [-0.3, -0.25) is 4.79 Å². The molecule has 1 N–H and O–H groups in total. The van der Waals surface area contributed by atoms with E-state index in [0.29, 0.717) is 11.6 Å². The standard InChI is InChI=1S/C17H12N2O2S2/c20-16(17-19-13-3-1-2-4-15(13)23-17)18-9-12-5-6-14(21-12)11-7-8-22-10-11/h1-8,10H,9H2,(H,18,20). The van der Waals surface area contributed by atoms with Crippen molar-refractivity contribution in [3.05, 3.63) is 64.0 Å². The molecule has 4 nitrogen and oxygen atoms in total. The lowest BCUT2D eigenvalue weighted by Gasteiger charge is -1.99. The molecule has 0 bridgehead atoms. The van der Waals surface area contributed by atoms with Crippen LogP contribution in [0.2, 0.25) is 0 Å². The molecule has 4 rings (SSSR count). The highest BCUT2D eigenvalue weighted by molar-refractivity contribution is 7.20. The van der Waals surface area contributed by atoms with E-state index >= 15 is 0 Å². The largest absolute Gasteiger partial charge is 0.459 e. The predicted octanol–water partition coefficient (Wildman–Crippen LogP) is 4.55. The maximum Gasteiger partial charge on any atom is 0.280 e. The Kier molecular flexibility index (Phi) is 3.69. The van der Waals surface area contributed by atoms with Crippen LogP contribution in [0.15, 0.2) is 57.6 Å². The number of benzene rings is 1. The monoisotopic (exact) mass is 340 g/mol. The summed E-state index contributed by atoms with van der Waals surface area (Å²) in [5, 5.41) is 7.36. The van der Waals surface area contributed by atoms with Crippen LogP contribution in [0.3, 0.4) is 0 Å². The van der Waals surface area contributed by atoms with Gasteiger partial charge in [-0.15, -0.1) is 11.3 Å². The number of thiazole rings is 1. The average molecular weight is 340 g/mol. The Morgan fingerprint density at radius 3 is 2.91 bits per heavy atom. The van der Waals surface area contributed by atoms with E-state index in [1.807, 2.05) is 53.2 Å². The van der Waals surface area contributed by atoms with Crippen LogP contribution in [-0.4, -0.2) is 10.9 Å². The van der Waals surface area contributed by atoms with Gasteiger partial charge in [-0.1, -0.05) is 12.1 Å². The van der Waals surface area contributed by atoms with E-state index in [-0.39, 0.29) is 5.91 Å². The van der Waals surface area contributed by atoms with Gasteiger partial charge >= 0.3 is 0 Å². The number of para-hydroxylation sites is 1. The lowest BCUT2D eigenvalue weighted by atomic mass is 10.3. The summed E-state index contributed by atoms with van der Waals surface area (Å²) < 4.78 is 6.76. The van der Waals surface area contributed by atoms with Gasteiger partial charge in [0.1, 0.15) is 11.5 Å². The number of rotatable bonds is 4. The molecule has 0 aliphatic heterocycles. The van der Waals surface area contributed by atoms with Crippen molar-refractivity contribution in [1.82, 2.24) is 10.3 Å². The number of hydrogen-bond donors (Lipinski definition) is 1. The summed E-state index contributed by atoms with van der Waals surface area (Å²) in [6.07, 6.45) is 0. The van der Waals surface area contributed by atoms with E-state index in [9.17, 15) is 4.79 Å². The van der Waals surface area contributed by atoms with E-state index in [0.717, 1.165) is 27.3 Å². The van der Waals surface area contributed by atoms with Crippen molar-refractivity contribution in [2.24, 2.45) is 0 Å². The van der Waals surface area contributed by atoms with Crippen LogP contribution < -0.4 is 5.32 Å². The number of carbonyl (C=O) groups excluding carboxylic acids is 1. The fourth-order valence-corrected chi connectivity index (χ4v) is 3.77. The van der Waals surface area contributed by atoms with E-state index in [4.69, 9.17) is 4.42 Å². The molecule has 0 spiro atoms. The molecule has 23 heavy (non-hydrogen) atoms. The normalized spacial score (nSPS) is 11.0. The third-order valence-electron chi connectivity index (χ3n) is 3.38. The van der Waals surface area contributed by atoms with Crippen LogP contribution in [-0.2, 0) is 6.54 Å². The number of nitrogens with one attached hydrogen (secondary N) is 1. The first kappa shape index (κ1) is 14.2. The number of aromatic nitrogens is 1. The first-order chi connectivity index (χ1) is 11.3. The maximum absolute atomic E-state index is 12.2.